The average molecular weight is 330 g/mol. The number of carbonyl (C=O) groups is 1. The number of hydrogen-bond acceptors (Lipinski definition) is 2. The Labute approximate surface area is 141 Å². The van der Waals surface area contributed by atoms with Crippen molar-refractivity contribution in [3.63, 3.8) is 0 Å². The van der Waals surface area contributed by atoms with Gasteiger partial charge in [0.2, 0.25) is 0 Å². The molecule has 0 bridgehead atoms. The summed E-state index contributed by atoms with van der Waals surface area (Å²) in [6, 6.07) is 13.8. The van der Waals surface area contributed by atoms with Crippen molar-refractivity contribution in [2.45, 2.75) is 31.9 Å². The highest BCUT2D eigenvalue weighted by Crippen LogP contribution is 2.27. The molecule has 0 aliphatic heterocycles. The Morgan fingerprint density at radius 2 is 1.96 bits per heavy atom. The molecule has 2 aromatic carbocycles. The van der Waals surface area contributed by atoms with Crippen molar-refractivity contribution < 1.29 is 9.53 Å². The lowest BCUT2D eigenvalue weighted by Gasteiger charge is -2.26. The third-order valence-electron chi connectivity index (χ3n) is 4.26. The predicted octanol–water partition coefficient (Wildman–Crippen LogP) is 4.44. The van der Waals surface area contributed by atoms with Crippen LogP contribution in [0, 0.1) is 0 Å². The lowest BCUT2D eigenvalue weighted by Crippen LogP contribution is -2.39. The summed E-state index contributed by atoms with van der Waals surface area (Å²) >= 11 is 5.96. The molecule has 0 heterocycles. The Morgan fingerprint density at radius 1 is 1.22 bits per heavy atom. The summed E-state index contributed by atoms with van der Waals surface area (Å²) in [5, 5.41) is 3.78. The SMILES string of the molecule is COCc1cc(C(=O)NC2CCC2)ccc1-c1ccc(Cl)cc1. The maximum absolute atomic E-state index is 12.3. The fraction of sp³-hybridized carbons (Fsp3) is 0.316. The summed E-state index contributed by atoms with van der Waals surface area (Å²) < 4.78 is 5.30. The highest BCUT2D eigenvalue weighted by Gasteiger charge is 2.20. The second kappa shape index (κ2) is 7.16. The van der Waals surface area contributed by atoms with Crippen LogP contribution in [0.3, 0.4) is 0 Å². The van der Waals surface area contributed by atoms with Gasteiger partial charge in [0, 0.05) is 23.7 Å². The van der Waals surface area contributed by atoms with Crippen LogP contribution in [0.4, 0.5) is 0 Å². The number of carbonyl (C=O) groups excluding carboxylic acids is 1. The fourth-order valence-corrected chi connectivity index (χ4v) is 2.87. The zero-order chi connectivity index (χ0) is 16.2. The summed E-state index contributed by atoms with van der Waals surface area (Å²) in [5.41, 5.74) is 3.80. The van der Waals surface area contributed by atoms with E-state index in [4.69, 9.17) is 16.3 Å². The Balaban J connectivity index is 1.88. The van der Waals surface area contributed by atoms with E-state index >= 15 is 0 Å². The largest absolute Gasteiger partial charge is 0.380 e. The molecule has 0 spiro atoms. The molecule has 0 atom stereocenters. The van der Waals surface area contributed by atoms with Gasteiger partial charge >= 0.3 is 0 Å². The van der Waals surface area contributed by atoms with Crippen LogP contribution < -0.4 is 5.32 Å². The highest BCUT2D eigenvalue weighted by atomic mass is 35.5. The molecule has 1 aliphatic rings. The van der Waals surface area contributed by atoms with E-state index in [9.17, 15) is 4.79 Å². The number of benzene rings is 2. The quantitative estimate of drug-likeness (QED) is 0.881. The summed E-state index contributed by atoms with van der Waals surface area (Å²) in [6.45, 7) is 0.461. The molecule has 0 aromatic heterocycles. The molecular formula is C19H20ClNO2. The molecule has 120 valence electrons. The van der Waals surface area contributed by atoms with E-state index in [0.29, 0.717) is 23.2 Å². The summed E-state index contributed by atoms with van der Waals surface area (Å²) in [4.78, 5) is 12.3. The molecule has 4 heteroatoms. The van der Waals surface area contributed by atoms with Crippen LogP contribution in [0.15, 0.2) is 42.5 Å². The molecule has 0 unspecified atom stereocenters. The van der Waals surface area contributed by atoms with Gasteiger partial charge in [0.05, 0.1) is 6.61 Å². The molecule has 1 saturated carbocycles. The Morgan fingerprint density at radius 3 is 2.57 bits per heavy atom. The average Bonchev–Trinajstić information content (AvgIpc) is 2.52. The van der Waals surface area contributed by atoms with Gasteiger partial charge in [0.15, 0.2) is 0 Å². The lowest BCUT2D eigenvalue weighted by molar-refractivity contribution is 0.0916. The number of amides is 1. The number of rotatable bonds is 5. The van der Waals surface area contributed by atoms with E-state index in [-0.39, 0.29) is 5.91 Å². The number of ether oxygens (including phenoxy) is 1. The van der Waals surface area contributed by atoms with Crippen molar-refractivity contribution in [3.05, 3.63) is 58.6 Å². The first kappa shape index (κ1) is 16.0. The van der Waals surface area contributed by atoms with Gasteiger partial charge < -0.3 is 10.1 Å². The standard InChI is InChI=1S/C19H20ClNO2/c1-23-12-15-11-14(19(22)21-17-3-2-4-17)7-10-18(15)13-5-8-16(20)9-6-13/h5-11,17H,2-4,12H2,1H3,(H,21,22). The van der Waals surface area contributed by atoms with Crippen molar-refractivity contribution in [3.8, 4) is 11.1 Å². The van der Waals surface area contributed by atoms with Crippen LogP contribution in [-0.4, -0.2) is 19.1 Å². The molecule has 3 rings (SSSR count). The van der Waals surface area contributed by atoms with E-state index in [1.54, 1.807) is 7.11 Å². The highest BCUT2D eigenvalue weighted by molar-refractivity contribution is 6.30. The van der Waals surface area contributed by atoms with Gasteiger partial charge in [0.25, 0.3) is 5.91 Å². The van der Waals surface area contributed by atoms with Crippen LogP contribution in [-0.2, 0) is 11.3 Å². The molecule has 1 fully saturated rings. The van der Waals surface area contributed by atoms with Crippen LogP contribution in [0.1, 0.15) is 35.2 Å². The molecule has 1 amide bonds. The van der Waals surface area contributed by atoms with Crippen LogP contribution in [0.2, 0.25) is 5.02 Å². The lowest BCUT2D eigenvalue weighted by atomic mass is 9.92. The minimum absolute atomic E-state index is 0.00490. The topological polar surface area (TPSA) is 38.3 Å². The van der Waals surface area contributed by atoms with Gasteiger partial charge in [-0.3, -0.25) is 4.79 Å². The van der Waals surface area contributed by atoms with E-state index < -0.39 is 0 Å². The molecule has 0 radical (unpaired) electrons. The fourth-order valence-electron chi connectivity index (χ4n) is 2.74. The van der Waals surface area contributed by atoms with Gasteiger partial charge in [-0.1, -0.05) is 29.8 Å². The summed E-state index contributed by atoms with van der Waals surface area (Å²) in [5.74, 6) is -0.00490. The number of halogens is 1. The van der Waals surface area contributed by atoms with Gasteiger partial charge in [-0.05, 0) is 60.2 Å². The Kier molecular flexibility index (Phi) is 4.99. The smallest absolute Gasteiger partial charge is 0.251 e. The monoisotopic (exact) mass is 329 g/mol. The van der Waals surface area contributed by atoms with Crippen molar-refractivity contribution in [2.75, 3.05) is 7.11 Å². The van der Waals surface area contributed by atoms with E-state index in [0.717, 1.165) is 29.5 Å². The Bertz CT molecular complexity index is 693. The van der Waals surface area contributed by atoms with Crippen molar-refractivity contribution in [1.82, 2.24) is 5.32 Å². The number of methoxy groups -OCH3 is 1. The first-order valence-electron chi connectivity index (χ1n) is 7.86. The number of hydrogen-bond donors (Lipinski definition) is 1. The minimum atomic E-state index is -0.00490. The van der Waals surface area contributed by atoms with Gasteiger partial charge in [-0.2, -0.15) is 0 Å². The van der Waals surface area contributed by atoms with E-state index in [1.807, 2.05) is 42.5 Å². The molecule has 1 aliphatic carbocycles. The van der Waals surface area contributed by atoms with Gasteiger partial charge in [-0.15, -0.1) is 0 Å². The minimum Gasteiger partial charge on any atom is -0.380 e. The van der Waals surface area contributed by atoms with Crippen molar-refractivity contribution >= 4 is 17.5 Å². The third kappa shape index (κ3) is 3.74. The normalized spacial score (nSPS) is 14.3. The first-order valence-corrected chi connectivity index (χ1v) is 8.24. The molecule has 23 heavy (non-hydrogen) atoms. The maximum Gasteiger partial charge on any atom is 0.251 e. The molecule has 3 nitrogen and oxygen atoms in total. The van der Waals surface area contributed by atoms with E-state index in [1.165, 1.54) is 6.42 Å². The number of nitrogens with one attached hydrogen (secondary N) is 1. The van der Waals surface area contributed by atoms with Crippen molar-refractivity contribution in [1.29, 1.82) is 0 Å². The maximum atomic E-state index is 12.3. The molecular weight excluding hydrogens is 310 g/mol. The predicted molar refractivity (Wildman–Crippen MR) is 92.7 cm³/mol. The Hall–Kier alpha value is -1.84. The van der Waals surface area contributed by atoms with Gasteiger partial charge in [-0.25, -0.2) is 0 Å². The van der Waals surface area contributed by atoms with Gasteiger partial charge in [0.1, 0.15) is 0 Å². The third-order valence-corrected chi connectivity index (χ3v) is 4.51. The molecule has 1 N–H and O–H groups in total. The van der Waals surface area contributed by atoms with Crippen LogP contribution >= 0.6 is 11.6 Å². The zero-order valence-corrected chi connectivity index (χ0v) is 13.9. The summed E-state index contributed by atoms with van der Waals surface area (Å²) in [7, 11) is 1.66. The van der Waals surface area contributed by atoms with Crippen molar-refractivity contribution in [2.24, 2.45) is 0 Å². The second-order valence-electron chi connectivity index (χ2n) is 5.91. The van der Waals surface area contributed by atoms with E-state index in [2.05, 4.69) is 5.32 Å². The van der Waals surface area contributed by atoms with Crippen LogP contribution in [0.25, 0.3) is 11.1 Å². The second-order valence-corrected chi connectivity index (χ2v) is 6.35. The molecule has 2 aromatic rings. The van der Waals surface area contributed by atoms with Crippen LogP contribution in [0.5, 0.6) is 0 Å². The zero-order valence-electron chi connectivity index (χ0n) is 13.1. The summed E-state index contributed by atoms with van der Waals surface area (Å²) in [6.07, 6.45) is 3.37. The molecule has 0 saturated heterocycles. The first-order chi connectivity index (χ1) is 11.2.